The zero-order valence-electron chi connectivity index (χ0n) is 13.5. The second kappa shape index (κ2) is 12.3. The van der Waals surface area contributed by atoms with Gasteiger partial charge in [0.2, 0.25) is 5.91 Å². The Balaban J connectivity index is 0.00000529. The predicted molar refractivity (Wildman–Crippen MR) is 81.4 cm³/mol. The summed E-state index contributed by atoms with van der Waals surface area (Å²) in [6, 6.07) is 9.21. The van der Waals surface area contributed by atoms with Crippen LogP contribution in [0.2, 0.25) is 0 Å². The van der Waals surface area contributed by atoms with Crippen LogP contribution in [-0.2, 0) is 26.3 Å². The van der Waals surface area contributed by atoms with Gasteiger partial charge in [-0.1, -0.05) is 30.3 Å². The van der Waals surface area contributed by atoms with Crippen LogP contribution in [0.15, 0.2) is 30.3 Å². The third-order valence-corrected chi connectivity index (χ3v) is 3.44. The van der Waals surface area contributed by atoms with E-state index in [0.29, 0.717) is 6.42 Å². The SMILES string of the molecule is O=C(CCCNC(=O)OCc1ccccc1)NCCS(=O)(=O)[O-].[Na+]. The van der Waals surface area contributed by atoms with E-state index in [1.165, 1.54) is 0 Å². The van der Waals surface area contributed by atoms with E-state index < -0.39 is 22.0 Å². The number of alkyl carbamates (subject to hydrolysis) is 1. The van der Waals surface area contributed by atoms with Crippen molar-refractivity contribution in [3.63, 3.8) is 0 Å². The summed E-state index contributed by atoms with van der Waals surface area (Å²) in [5.41, 5.74) is 0.871. The van der Waals surface area contributed by atoms with E-state index in [-0.39, 0.29) is 61.6 Å². The summed E-state index contributed by atoms with van der Waals surface area (Å²) >= 11 is 0. The molecule has 0 aliphatic heterocycles. The van der Waals surface area contributed by atoms with Crippen molar-refractivity contribution < 1.29 is 56.9 Å². The van der Waals surface area contributed by atoms with E-state index in [1.807, 2.05) is 30.3 Å². The molecule has 0 aromatic heterocycles. The Morgan fingerprint density at radius 1 is 1.08 bits per heavy atom. The summed E-state index contributed by atoms with van der Waals surface area (Å²) in [5, 5.41) is 4.81. The molecule has 0 aliphatic carbocycles. The molecule has 1 aromatic rings. The van der Waals surface area contributed by atoms with Gasteiger partial charge in [-0.25, -0.2) is 13.2 Å². The molecule has 0 radical (unpaired) electrons. The molecular formula is C14H19N2NaO6S. The molecule has 1 aromatic carbocycles. The average Bonchev–Trinajstić information content (AvgIpc) is 2.49. The zero-order chi connectivity index (χ0) is 17.1. The molecule has 2 N–H and O–H groups in total. The molecule has 0 heterocycles. The fraction of sp³-hybridized carbons (Fsp3) is 0.429. The van der Waals surface area contributed by atoms with Crippen LogP contribution in [0.1, 0.15) is 18.4 Å². The molecule has 0 aliphatic rings. The number of hydrogen-bond acceptors (Lipinski definition) is 6. The molecule has 0 unspecified atom stereocenters. The van der Waals surface area contributed by atoms with Crippen molar-refractivity contribution in [2.75, 3.05) is 18.8 Å². The summed E-state index contributed by atoms with van der Waals surface area (Å²) in [5.74, 6) is -1.02. The topological polar surface area (TPSA) is 125 Å². The normalized spacial score (nSPS) is 10.4. The Morgan fingerprint density at radius 2 is 1.75 bits per heavy atom. The van der Waals surface area contributed by atoms with Gasteiger partial charge in [-0.15, -0.1) is 0 Å². The van der Waals surface area contributed by atoms with Crippen LogP contribution >= 0.6 is 0 Å². The molecule has 0 atom stereocenters. The van der Waals surface area contributed by atoms with Gasteiger partial charge in [-0.2, -0.15) is 0 Å². The van der Waals surface area contributed by atoms with E-state index in [2.05, 4.69) is 10.6 Å². The molecule has 8 nitrogen and oxygen atoms in total. The minimum absolute atomic E-state index is 0. The fourth-order valence-corrected chi connectivity index (χ4v) is 1.97. The van der Waals surface area contributed by atoms with E-state index in [1.54, 1.807) is 0 Å². The van der Waals surface area contributed by atoms with Crippen LogP contribution in [0.5, 0.6) is 0 Å². The minimum Gasteiger partial charge on any atom is -0.748 e. The molecule has 1 rings (SSSR count). The van der Waals surface area contributed by atoms with Crippen LogP contribution < -0.4 is 40.2 Å². The van der Waals surface area contributed by atoms with Crippen molar-refractivity contribution in [1.29, 1.82) is 0 Å². The second-order valence-corrected chi connectivity index (χ2v) is 6.23. The molecule has 0 bridgehead atoms. The van der Waals surface area contributed by atoms with Crippen LogP contribution in [0.4, 0.5) is 4.79 Å². The van der Waals surface area contributed by atoms with Crippen LogP contribution in [0, 0.1) is 0 Å². The first-order chi connectivity index (χ1) is 10.9. The number of benzene rings is 1. The molecule has 0 saturated carbocycles. The number of amides is 2. The molecule has 24 heavy (non-hydrogen) atoms. The van der Waals surface area contributed by atoms with Crippen molar-refractivity contribution in [1.82, 2.24) is 10.6 Å². The molecule has 0 fully saturated rings. The van der Waals surface area contributed by atoms with Gasteiger partial charge in [0, 0.05) is 19.5 Å². The van der Waals surface area contributed by atoms with Gasteiger partial charge in [0.15, 0.2) is 0 Å². The van der Waals surface area contributed by atoms with Gasteiger partial charge in [-0.3, -0.25) is 4.79 Å². The zero-order valence-corrected chi connectivity index (χ0v) is 16.3. The molecule has 128 valence electrons. The van der Waals surface area contributed by atoms with Crippen molar-refractivity contribution in [3.05, 3.63) is 35.9 Å². The number of carbonyl (C=O) groups is 2. The monoisotopic (exact) mass is 366 g/mol. The number of ether oxygens (including phenoxy) is 1. The third-order valence-electron chi connectivity index (χ3n) is 2.74. The first kappa shape index (κ1) is 22.9. The van der Waals surface area contributed by atoms with E-state index in [4.69, 9.17) is 4.74 Å². The van der Waals surface area contributed by atoms with Crippen molar-refractivity contribution in [2.24, 2.45) is 0 Å². The van der Waals surface area contributed by atoms with Crippen LogP contribution in [-0.4, -0.2) is 43.8 Å². The van der Waals surface area contributed by atoms with Gasteiger partial charge >= 0.3 is 35.7 Å². The van der Waals surface area contributed by atoms with Gasteiger partial charge in [-0.05, 0) is 12.0 Å². The molecule has 2 amide bonds. The Morgan fingerprint density at radius 3 is 2.38 bits per heavy atom. The van der Waals surface area contributed by atoms with E-state index >= 15 is 0 Å². The Kier molecular flexibility index (Phi) is 11.7. The number of rotatable bonds is 9. The summed E-state index contributed by atoms with van der Waals surface area (Å²) < 4.78 is 36.0. The van der Waals surface area contributed by atoms with Crippen molar-refractivity contribution >= 4 is 22.1 Å². The second-order valence-electron chi connectivity index (χ2n) is 4.70. The summed E-state index contributed by atoms with van der Waals surface area (Å²) in [7, 11) is -4.32. The largest absolute Gasteiger partial charge is 1.00 e. The first-order valence-electron chi connectivity index (χ1n) is 7.01. The maximum absolute atomic E-state index is 11.4. The predicted octanol–water partition coefficient (Wildman–Crippen LogP) is -2.64. The van der Waals surface area contributed by atoms with Gasteiger partial charge in [0.1, 0.15) is 6.61 Å². The first-order valence-corrected chi connectivity index (χ1v) is 8.59. The molecule has 0 spiro atoms. The Labute approximate surface area is 163 Å². The maximum Gasteiger partial charge on any atom is 1.00 e. The van der Waals surface area contributed by atoms with E-state index in [0.717, 1.165) is 5.56 Å². The third kappa shape index (κ3) is 12.3. The number of hydrogen-bond donors (Lipinski definition) is 2. The van der Waals surface area contributed by atoms with Crippen molar-refractivity contribution in [3.8, 4) is 0 Å². The van der Waals surface area contributed by atoms with E-state index in [9.17, 15) is 22.6 Å². The summed E-state index contributed by atoms with van der Waals surface area (Å²) in [6.45, 7) is 0.203. The quantitative estimate of drug-likeness (QED) is 0.280. The number of carbonyl (C=O) groups excluding carboxylic acids is 2. The van der Waals surface area contributed by atoms with Crippen LogP contribution in [0.3, 0.4) is 0 Å². The average molecular weight is 366 g/mol. The smallest absolute Gasteiger partial charge is 0.748 e. The molecule has 0 saturated heterocycles. The Hall–Kier alpha value is -1.13. The summed E-state index contributed by atoms with van der Waals surface area (Å²) in [4.78, 5) is 22.7. The van der Waals surface area contributed by atoms with Gasteiger partial charge in [0.05, 0.1) is 15.9 Å². The molecule has 10 heteroatoms. The van der Waals surface area contributed by atoms with Crippen molar-refractivity contribution in [2.45, 2.75) is 19.4 Å². The summed E-state index contributed by atoms with van der Waals surface area (Å²) in [6.07, 6.45) is -0.0967. The standard InChI is InChI=1S/C14H20N2O6S.Na/c17-13(15-9-10-23(19,20)21)7-4-8-16-14(18)22-11-12-5-2-1-3-6-12;/h1-3,5-6H,4,7-11H2,(H,15,17)(H,16,18)(H,19,20,21);/q;+1/p-1. The maximum atomic E-state index is 11.4. The fourth-order valence-electron chi connectivity index (χ4n) is 1.62. The van der Waals surface area contributed by atoms with Crippen LogP contribution in [0.25, 0.3) is 0 Å². The van der Waals surface area contributed by atoms with Gasteiger partial charge < -0.3 is 19.9 Å². The Bertz CT molecular complexity index is 609. The van der Waals surface area contributed by atoms with Gasteiger partial charge in [0.25, 0.3) is 0 Å². The minimum atomic E-state index is -4.32. The molecular weight excluding hydrogens is 347 g/mol. The number of nitrogens with one attached hydrogen (secondary N) is 2.